The van der Waals surface area contributed by atoms with Crippen molar-refractivity contribution in [2.45, 2.75) is 11.5 Å². The van der Waals surface area contributed by atoms with Crippen molar-refractivity contribution < 1.29 is 26.7 Å². The third kappa shape index (κ3) is 4.60. The number of halogens is 3. The molecule has 1 aromatic carbocycles. The summed E-state index contributed by atoms with van der Waals surface area (Å²) in [7, 11) is -4.17. The van der Waals surface area contributed by atoms with Crippen LogP contribution in [0.2, 0.25) is 5.02 Å². The van der Waals surface area contributed by atoms with Gasteiger partial charge in [0.25, 0.3) is 15.9 Å². The largest absolute Gasteiger partial charge is 0.433 e. The molecule has 0 atom stereocenters. The van der Waals surface area contributed by atoms with E-state index in [-0.39, 0.29) is 21.4 Å². The molecule has 0 aliphatic heterocycles. The minimum Gasteiger partial charge on any atom is -0.433 e. The Morgan fingerprint density at radius 1 is 1.25 bits per heavy atom. The zero-order valence-electron chi connectivity index (χ0n) is 11.7. The monoisotopic (exact) mass is 377 g/mol. The van der Waals surface area contributed by atoms with Gasteiger partial charge in [0.05, 0.1) is 9.92 Å². The summed E-state index contributed by atoms with van der Waals surface area (Å²) in [6.45, 7) is -3.10. The van der Waals surface area contributed by atoms with E-state index in [4.69, 9.17) is 11.6 Å². The van der Waals surface area contributed by atoms with E-state index in [1.165, 1.54) is 12.3 Å². The molecule has 2 aromatic rings. The number of hydrazine groups is 1. The Morgan fingerprint density at radius 3 is 2.58 bits per heavy atom. The Bertz CT molecular complexity index is 834. The van der Waals surface area contributed by atoms with Gasteiger partial charge < -0.3 is 4.74 Å². The number of sulfonamides is 1. The lowest BCUT2D eigenvalue weighted by Crippen LogP contribution is -2.41. The van der Waals surface area contributed by atoms with Gasteiger partial charge in [0.1, 0.15) is 11.4 Å². The predicted molar refractivity (Wildman–Crippen MR) is 80.1 cm³/mol. The van der Waals surface area contributed by atoms with Crippen LogP contribution in [0.1, 0.15) is 10.5 Å². The molecule has 2 N–H and O–H groups in total. The summed E-state index contributed by atoms with van der Waals surface area (Å²) in [4.78, 5) is 17.0. The van der Waals surface area contributed by atoms with Crippen LogP contribution < -0.4 is 15.0 Å². The number of hydrogen-bond donors (Lipinski definition) is 2. The summed E-state index contributed by atoms with van der Waals surface area (Å²) in [5.74, 6) is -1.15. The average Bonchev–Trinajstić information content (AvgIpc) is 2.55. The Labute approximate surface area is 140 Å². The third-order valence-electron chi connectivity index (χ3n) is 2.63. The van der Waals surface area contributed by atoms with Gasteiger partial charge >= 0.3 is 6.61 Å². The summed E-state index contributed by atoms with van der Waals surface area (Å²) < 4.78 is 52.5. The quantitative estimate of drug-likeness (QED) is 0.750. The fourth-order valence-electron chi connectivity index (χ4n) is 1.57. The summed E-state index contributed by atoms with van der Waals surface area (Å²) >= 11 is 5.69. The van der Waals surface area contributed by atoms with Crippen LogP contribution in [-0.2, 0) is 10.0 Å². The summed E-state index contributed by atoms with van der Waals surface area (Å²) in [6, 6.07) is 7.41. The van der Waals surface area contributed by atoms with Gasteiger partial charge in [-0.2, -0.15) is 8.78 Å². The van der Waals surface area contributed by atoms with Crippen molar-refractivity contribution in [3.63, 3.8) is 0 Å². The average molecular weight is 378 g/mol. The molecular formula is C13H10ClF2N3O4S. The van der Waals surface area contributed by atoms with E-state index in [2.05, 4.69) is 9.72 Å². The van der Waals surface area contributed by atoms with E-state index in [0.717, 1.165) is 18.2 Å². The number of carbonyl (C=O) groups is 1. The number of amides is 1. The van der Waals surface area contributed by atoms with Crippen LogP contribution in [0, 0.1) is 0 Å². The van der Waals surface area contributed by atoms with Crippen molar-refractivity contribution in [1.29, 1.82) is 0 Å². The SMILES string of the molecule is O=C(NNS(=O)(=O)c1ccc(OC(F)F)c(Cl)c1)c1ccccn1. The number of rotatable bonds is 6. The van der Waals surface area contributed by atoms with Crippen molar-refractivity contribution in [2.24, 2.45) is 0 Å². The van der Waals surface area contributed by atoms with Gasteiger partial charge in [-0.05, 0) is 30.3 Å². The molecule has 0 aliphatic rings. The first-order valence-corrected chi connectivity index (χ1v) is 8.13. The number of pyridine rings is 1. The zero-order valence-corrected chi connectivity index (χ0v) is 13.3. The molecule has 0 spiro atoms. The topological polar surface area (TPSA) is 97.4 Å². The van der Waals surface area contributed by atoms with Crippen molar-refractivity contribution in [2.75, 3.05) is 0 Å². The maximum Gasteiger partial charge on any atom is 0.387 e. The van der Waals surface area contributed by atoms with Gasteiger partial charge in [-0.1, -0.05) is 17.7 Å². The molecule has 2 rings (SSSR count). The summed E-state index contributed by atoms with van der Waals surface area (Å²) in [6.07, 6.45) is 1.37. The van der Waals surface area contributed by atoms with E-state index in [9.17, 15) is 22.0 Å². The Morgan fingerprint density at radius 2 is 2.00 bits per heavy atom. The standard InChI is InChI=1S/C13H10ClF2N3O4S/c14-9-7-8(4-5-11(9)23-13(15)16)24(21,22)19-18-12(20)10-3-1-2-6-17-10/h1-7,13,19H,(H,18,20). The highest BCUT2D eigenvalue weighted by molar-refractivity contribution is 7.89. The number of hydrogen-bond acceptors (Lipinski definition) is 5. The van der Waals surface area contributed by atoms with Gasteiger partial charge in [-0.15, -0.1) is 4.83 Å². The third-order valence-corrected chi connectivity index (χ3v) is 4.17. The van der Waals surface area contributed by atoms with E-state index < -0.39 is 22.5 Å². The smallest absolute Gasteiger partial charge is 0.387 e. The first-order valence-electron chi connectivity index (χ1n) is 6.27. The maximum atomic E-state index is 12.1. The fourth-order valence-corrected chi connectivity index (χ4v) is 2.73. The maximum absolute atomic E-state index is 12.1. The summed E-state index contributed by atoms with van der Waals surface area (Å²) in [5, 5.41) is -0.325. The molecule has 24 heavy (non-hydrogen) atoms. The fraction of sp³-hybridized carbons (Fsp3) is 0.0769. The van der Waals surface area contributed by atoms with Crippen molar-refractivity contribution in [1.82, 2.24) is 15.2 Å². The number of aromatic nitrogens is 1. The van der Waals surface area contributed by atoms with Gasteiger partial charge in [0.15, 0.2) is 0 Å². The molecule has 0 aliphatic carbocycles. The van der Waals surface area contributed by atoms with Crippen LogP contribution in [0.15, 0.2) is 47.5 Å². The predicted octanol–water partition coefficient (Wildman–Crippen LogP) is 1.96. The molecule has 7 nitrogen and oxygen atoms in total. The Balaban J connectivity index is 2.10. The van der Waals surface area contributed by atoms with E-state index in [0.29, 0.717) is 0 Å². The highest BCUT2D eigenvalue weighted by atomic mass is 35.5. The van der Waals surface area contributed by atoms with Gasteiger partial charge in [0.2, 0.25) is 0 Å². The van der Waals surface area contributed by atoms with Crippen molar-refractivity contribution >= 4 is 27.5 Å². The van der Waals surface area contributed by atoms with Crippen LogP contribution in [0.3, 0.4) is 0 Å². The van der Waals surface area contributed by atoms with Crippen molar-refractivity contribution in [3.05, 3.63) is 53.3 Å². The lowest BCUT2D eigenvalue weighted by molar-refractivity contribution is -0.0498. The first-order chi connectivity index (χ1) is 11.3. The number of nitrogens with zero attached hydrogens (tertiary/aromatic N) is 1. The second-order valence-electron chi connectivity index (χ2n) is 4.25. The van der Waals surface area contributed by atoms with Gasteiger partial charge in [0, 0.05) is 6.20 Å². The molecule has 0 saturated carbocycles. The molecule has 0 saturated heterocycles. The second kappa shape index (κ2) is 7.51. The molecule has 11 heteroatoms. The number of ether oxygens (including phenoxy) is 1. The Kier molecular flexibility index (Phi) is 5.65. The molecular weight excluding hydrogens is 368 g/mol. The second-order valence-corrected chi connectivity index (χ2v) is 6.33. The lowest BCUT2D eigenvalue weighted by Gasteiger charge is -2.10. The van der Waals surface area contributed by atoms with Crippen LogP contribution in [-0.4, -0.2) is 25.9 Å². The van der Waals surface area contributed by atoms with Crippen LogP contribution in [0.4, 0.5) is 8.78 Å². The van der Waals surface area contributed by atoms with Crippen LogP contribution in [0.5, 0.6) is 5.75 Å². The molecule has 0 fully saturated rings. The Hall–Kier alpha value is -2.30. The molecule has 128 valence electrons. The number of nitrogens with one attached hydrogen (secondary N) is 2. The molecule has 0 unspecified atom stereocenters. The zero-order chi connectivity index (χ0) is 17.7. The number of alkyl halides is 2. The van der Waals surface area contributed by atoms with Gasteiger partial charge in [-0.25, -0.2) is 8.42 Å². The lowest BCUT2D eigenvalue weighted by atomic mass is 10.3. The molecule has 0 bridgehead atoms. The van der Waals surface area contributed by atoms with E-state index in [1.54, 1.807) is 12.1 Å². The molecule has 0 radical (unpaired) electrons. The van der Waals surface area contributed by atoms with Gasteiger partial charge in [-0.3, -0.25) is 15.2 Å². The van der Waals surface area contributed by atoms with Crippen LogP contribution >= 0.6 is 11.6 Å². The van der Waals surface area contributed by atoms with Crippen LogP contribution in [0.25, 0.3) is 0 Å². The normalized spacial score (nSPS) is 11.3. The highest BCUT2D eigenvalue weighted by Gasteiger charge is 2.19. The molecule has 1 amide bonds. The highest BCUT2D eigenvalue weighted by Crippen LogP contribution is 2.28. The molecule has 1 aromatic heterocycles. The molecule has 1 heterocycles. The number of benzene rings is 1. The minimum atomic E-state index is -4.17. The van der Waals surface area contributed by atoms with E-state index >= 15 is 0 Å². The van der Waals surface area contributed by atoms with E-state index in [1.807, 2.05) is 10.3 Å². The summed E-state index contributed by atoms with van der Waals surface area (Å²) in [5.41, 5.74) is 1.97. The number of carbonyl (C=O) groups excluding carboxylic acids is 1. The first kappa shape index (κ1) is 18.0. The van der Waals surface area contributed by atoms with Crippen molar-refractivity contribution in [3.8, 4) is 5.75 Å². The minimum absolute atomic E-state index is 0.00101.